The number of aromatic nitrogens is 4. The fourth-order valence-corrected chi connectivity index (χ4v) is 1.93. The van der Waals surface area contributed by atoms with Gasteiger partial charge >= 0.3 is 0 Å². The first kappa shape index (κ1) is 12.9. The summed E-state index contributed by atoms with van der Waals surface area (Å²) in [6.45, 7) is 9.68. The van der Waals surface area contributed by atoms with Crippen molar-refractivity contribution in [1.29, 1.82) is 0 Å². The van der Waals surface area contributed by atoms with Crippen LogP contribution in [-0.4, -0.2) is 37.6 Å². The molecule has 18 heavy (non-hydrogen) atoms. The molecule has 94 valence electrons. The maximum atomic E-state index is 4.38. The van der Waals surface area contributed by atoms with Crippen LogP contribution in [0.2, 0.25) is 0 Å². The maximum Gasteiger partial charge on any atom is 0.252 e. The molecule has 2 rings (SSSR count). The molecule has 0 atom stereocenters. The Morgan fingerprint density at radius 1 is 1.33 bits per heavy atom. The second kappa shape index (κ2) is 5.88. The first-order chi connectivity index (χ1) is 8.72. The molecule has 6 heteroatoms. The zero-order valence-electron chi connectivity index (χ0n) is 9.96. The highest BCUT2D eigenvalue weighted by Gasteiger charge is 2.09. The summed E-state index contributed by atoms with van der Waals surface area (Å²) in [7, 11) is 0. The Hall–Kier alpha value is -1.53. The average molecular weight is 308 g/mol. The molecule has 0 saturated carbocycles. The first-order valence-electron chi connectivity index (χ1n) is 5.54. The lowest BCUT2D eigenvalue weighted by Crippen LogP contribution is -2.23. The van der Waals surface area contributed by atoms with Crippen LogP contribution in [0.5, 0.6) is 0 Å². The molecule has 0 N–H and O–H groups in total. The Labute approximate surface area is 114 Å². The fourth-order valence-electron chi connectivity index (χ4n) is 1.64. The summed E-state index contributed by atoms with van der Waals surface area (Å²) in [6, 6.07) is 0. The number of hydrogen-bond acceptors (Lipinski definition) is 4. The smallest absolute Gasteiger partial charge is 0.252 e. The molecular weight excluding hydrogens is 294 g/mol. The van der Waals surface area contributed by atoms with Crippen LogP contribution in [-0.2, 0) is 6.54 Å². The van der Waals surface area contributed by atoms with Crippen molar-refractivity contribution < 1.29 is 0 Å². The summed E-state index contributed by atoms with van der Waals surface area (Å²) >= 11 is 3.35. The number of nitrogens with zero attached hydrogens (tertiary/aromatic N) is 5. The van der Waals surface area contributed by atoms with E-state index in [1.165, 1.54) is 0 Å². The molecule has 0 aliphatic carbocycles. The van der Waals surface area contributed by atoms with Crippen molar-refractivity contribution in [2.24, 2.45) is 0 Å². The number of halogens is 1. The van der Waals surface area contributed by atoms with Crippen LogP contribution in [0, 0.1) is 0 Å². The van der Waals surface area contributed by atoms with Crippen molar-refractivity contribution in [3.63, 3.8) is 0 Å². The summed E-state index contributed by atoms with van der Waals surface area (Å²) in [6.07, 6.45) is 7.26. The predicted molar refractivity (Wildman–Crippen MR) is 74.2 cm³/mol. The van der Waals surface area contributed by atoms with Gasteiger partial charge in [0.1, 0.15) is 0 Å². The van der Waals surface area contributed by atoms with Gasteiger partial charge in [-0.25, -0.2) is 9.50 Å². The molecule has 0 unspecified atom stereocenters. The van der Waals surface area contributed by atoms with Crippen LogP contribution in [0.1, 0.15) is 5.82 Å². The third-order valence-electron chi connectivity index (χ3n) is 2.35. The predicted octanol–water partition coefficient (Wildman–Crippen LogP) is 2.06. The van der Waals surface area contributed by atoms with E-state index in [0.717, 1.165) is 23.4 Å². The Kier molecular flexibility index (Phi) is 4.22. The van der Waals surface area contributed by atoms with Crippen molar-refractivity contribution >= 4 is 21.7 Å². The van der Waals surface area contributed by atoms with E-state index in [-0.39, 0.29) is 0 Å². The molecule has 0 aromatic carbocycles. The minimum atomic E-state index is 0.602. The zero-order chi connectivity index (χ0) is 13.0. The van der Waals surface area contributed by atoms with Gasteiger partial charge in [0.25, 0.3) is 5.78 Å². The summed E-state index contributed by atoms with van der Waals surface area (Å²) in [4.78, 5) is 10.7. The van der Waals surface area contributed by atoms with Crippen molar-refractivity contribution in [3.8, 4) is 0 Å². The van der Waals surface area contributed by atoms with E-state index >= 15 is 0 Å². The molecule has 0 aliphatic heterocycles. The second-order valence-corrected chi connectivity index (χ2v) is 4.73. The van der Waals surface area contributed by atoms with Gasteiger partial charge in [-0.1, -0.05) is 12.2 Å². The van der Waals surface area contributed by atoms with Crippen molar-refractivity contribution in [1.82, 2.24) is 24.5 Å². The Bertz CT molecular complexity index is 553. The molecular formula is C12H14BrN5. The third-order valence-corrected chi connectivity index (χ3v) is 2.76. The van der Waals surface area contributed by atoms with Gasteiger partial charge in [-0.15, -0.1) is 18.3 Å². The van der Waals surface area contributed by atoms with E-state index in [0.29, 0.717) is 12.3 Å². The van der Waals surface area contributed by atoms with Crippen LogP contribution in [0.15, 0.2) is 42.2 Å². The fraction of sp³-hybridized carbons (Fsp3) is 0.250. The van der Waals surface area contributed by atoms with E-state index in [9.17, 15) is 0 Å². The number of fused-ring (bicyclic) bond motifs is 1. The molecule has 0 spiro atoms. The van der Waals surface area contributed by atoms with E-state index in [2.05, 4.69) is 49.1 Å². The Morgan fingerprint density at radius 2 is 2.06 bits per heavy atom. The van der Waals surface area contributed by atoms with Gasteiger partial charge in [0.2, 0.25) is 0 Å². The molecule has 0 amide bonds. The minimum absolute atomic E-state index is 0.602. The van der Waals surface area contributed by atoms with E-state index in [1.807, 2.05) is 18.3 Å². The van der Waals surface area contributed by atoms with Gasteiger partial charge in [0, 0.05) is 25.5 Å². The van der Waals surface area contributed by atoms with Crippen molar-refractivity contribution in [2.45, 2.75) is 6.54 Å². The van der Waals surface area contributed by atoms with E-state index in [1.54, 1.807) is 10.7 Å². The number of rotatable bonds is 6. The van der Waals surface area contributed by atoms with Crippen LogP contribution >= 0.6 is 15.9 Å². The van der Waals surface area contributed by atoms with Crippen LogP contribution in [0.3, 0.4) is 0 Å². The molecule has 0 fully saturated rings. The quantitative estimate of drug-likeness (QED) is 0.766. The zero-order valence-corrected chi connectivity index (χ0v) is 11.5. The molecule has 2 aromatic heterocycles. The van der Waals surface area contributed by atoms with Gasteiger partial charge in [0.15, 0.2) is 5.82 Å². The SMILES string of the molecule is C=CCN(CC=C)Cc1nc2ncc(Br)cn2n1. The highest BCUT2D eigenvalue weighted by molar-refractivity contribution is 9.10. The number of hydrogen-bond donors (Lipinski definition) is 0. The largest absolute Gasteiger partial charge is 0.289 e. The lowest BCUT2D eigenvalue weighted by molar-refractivity contribution is 0.319. The third kappa shape index (κ3) is 3.02. The Morgan fingerprint density at radius 3 is 2.72 bits per heavy atom. The van der Waals surface area contributed by atoms with Gasteiger partial charge in [-0.05, 0) is 15.9 Å². The minimum Gasteiger partial charge on any atom is -0.289 e. The van der Waals surface area contributed by atoms with Gasteiger partial charge in [0.05, 0.1) is 11.0 Å². The normalized spacial score (nSPS) is 11.0. The lowest BCUT2D eigenvalue weighted by Gasteiger charge is -2.15. The average Bonchev–Trinajstić information content (AvgIpc) is 2.71. The summed E-state index contributed by atoms with van der Waals surface area (Å²) in [5.74, 6) is 1.34. The van der Waals surface area contributed by atoms with Crippen molar-refractivity contribution in [2.75, 3.05) is 13.1 Å². The summed E-state index contributed by atoms with van der Waals surface area (Å²) in [5.41, 5.74) is 0. The molecule has 0 radical (unpaired) electrons. The highest BCUT2D eigenvalue weighted by Crippen LogP contribution is 2.08. The Balaban J connectivity index is 2.19. The van der Waals surface area contributed by atoms with Crippen LogP contribution in [0.25, 0.3) is 5.78 Å². The summed E-state index contributed by atoms with van der Waals surface area (Å²) < 4.78 is 2.54. The van der Waals surface area contributed by atoms with Gasteiger partial charge in [-0.2, -0.15) is 4.98 Å². The van der Waals surface area contributed by atoms with E-state index < -0.39 is 0 Å². The molecule has 2 heterocycles. The van der Waals surface area contributed by atoms with Crippen molar-refractivity contribution in [3.05, 3.63) is 48.0 Å². The van der Waals surface area contributed by atoms with Gasteiger partial charge < -0.3 is 0 Å². The maximum absolute atomic E-state index is 4.38. The molecule has 0 aliphatic rings. The molecule has 2 aromatic rings. The molecule has 0 bridgehead atoms. The highest BCUT2D eigenvalue weighted by atomic mass is 79.9. The standard InChI is InChI=1S/C12H14BrN5/c1-3-5-17(6-4-2)9-11-15-12-14-7-10(13)8-18(12)16-11/h3-4,7-8H,1-2,5-6,9H2. The molecule has 5 nitrogen and oxygen atoms in total. The lowest BCUT2D eigenvalue weighted by atomic mass is 10.4. The topological polar surface area (TPSA) is 46.3 Å². The molecule has 0 saturated heterocycles. The van der Waals surface area contributed by atoms with E-state index in [4.69, 9.17) is 0 Å². The van der Waals surface area contributed by atoms with Crippen LogP contribution < -0.4 is 0 Å². The monoisotopic (exact) mass is 307 g/mol. The first-order valence-corrected chi connectivity index (χ1v) is 6.33. The van der Waals surface area contributed by atoms with Gasteiger partial charge in [-0.3, -0.25) is 4.90 Å². The second-order valence-electron chi connectivity index (χ2n) is 3.82. The van der Waals surface area contributed by atoms with Crippen LogP contribution in [0.4, 0.5) is 0 Å². The summed E-state index contributed by atoms with van der Waals surface area (Å²) in [5, 5.41) is 4.38.